The normalized spacial score (nSPS) is 22.4. The zero-order valence-corrected chi connectivity index (χ0v) is 15.9. The number of nitrogens with zero attached hydrogens (tertiary/aromatic N) is 3. The zero-order valence-electron chi connectivity index (χ0n) is 15.9. The molecule has 3 heterocycles. The van der Waals surface area contributed by atoms with E-state index in [1.807, 2.05) is 13.8 Å². The maximum Gasteiger partial charge on any atom is 0.327 e. The molecule has 1 aromatic heterocycles. The third-order valence-corrected chi connectivity index (χ3v) is 5.80. The lowest BCUT2D eigenvalue weighted by Gasteiger charge is -2.35. The first kappa shape index (κ1) is 18.4. The summed E-state index contributed by atoms with van der Waals surface area (Å²) in [4.78, 5) is 14.3. The van der Waals surface area contributed by atoms with Gasteiger partial charge in [0.05, 0.1) is 12.3 Å². The van der Waals surface area contributed by atoms with Crippen molar-refractivity contribution in [2.75, 3.05) is 26.2 Å². The Morgan fingerprint density at radius 1 is 1.28 bits per heavy atom. The van der Waals surface area contributed by atoms with Crippen molar-refractivity contribution in [1.82, 2.24) is 20.0 Å². The van der Waals surface area contributed by atoms with Gasteiger partial charge in [-0.25, -0.2) is 0 Å². The van der Waals surface area contributed by atoms with Crippen LogP contribution in [-0.2, 0) is 22.6 Å². The Morgan fingerprint density at radius 2 is 2.04 bits per heavy atom. The van der Waals surface area contributed by atoms with Crippen LogP contribution < -0.4 is 5.32 Å². The molecule has 1 atom stereocenters. The number of esters is 1. The van der Waals surface area contributed by atoms with E-state index >= 15 is 0 Å². The lowest BCUT2D eigenvalue weighted by molar-refractivity contribution is -0.144. The summed E-state index contributed by atoms with van der Waals surface area (Å²) in [6.45, 7) is 11.0. The first-order valence-corrected chi connectivity index (χ1v) is 9.72. The van der Waals surface area contributed by atoms with Gasteiger partial charge in [-0.1, -0.05) is 0 Å². The number of carbonyl (C=O) groups excluding carboxylic acids is 1. The summed E-state index contributed by atoms with van der Waals surface area (Å²) < 4.78 is 6.83. The highest BCUT2D eigenvalue weighted by molar-refractivity contribution is 5.69. The molecule has 0 amide bonds. The standard InChI is InChI=1S/C19H32N4O2/c1-4-25-19(24)13-23-15(3)17(14(2)21-23)12-22-10-7-16(8-11-22)18-6-5-9-20-18/h16,18,20H,4-13H2,1-3H3. The Balaban J connectivity index is 1.56. The summed E-state index contributed by atoms with van der Waals surface area (Å²) in [6.07, 6.45) is 5.26. The largest absolute Gasteiger partial charge is 0.465 e. The number of likely N-dealkylation sites (tertiary alicyclic amines) is 1. The minimum atomic E-state index is -0.218. The Morgan fingerprint density at radius 3 is 2.68 bits per heavy atom. The highest BCUT2D eigenvalue weighted by Crippen LogP contribution is 2.27. The smallest absolute Gasteiger partial charge is 0.327 e. The van der Waals surface area contributed by atoms with Crippen LogP contribution in [0.25, 0.3) is 0 Å². The Labute approximate surface area is 150 Å². The molecule has 140 valence electrons. The average molecular weight is 348 g/mol. The van der Waals surface area contributed by atoms with Crippen molar-refractivity contribution in [1.29, 1.82) is 0 Å². The van der Waals surface area contributed by atoms with Gasteiger partial charge in [0.25, 0.3) is 0 Å². The number of aryl methyl sites for hydroxylation is 1. The Bertz CT molecular complexity index is 584. The fourth-order valence-corrected chi connectivity index (χ4v) is 4.30. The molecule has 3 rings (SSSR count). The maximum absolute atomic E-state index is 11.7. The number of rotatable bonds is 6. The van der Waals surface area contributed by atoms with E-state index in [1.165, 1.54) is 37.8 Å². The lowest BCUT2D eigenvalue weighted by atomic mass is 9.88. The van der Waals surface area contributed by atoms with Crippen LogP contribution in [0.4, 0.5) is 0 Å². The molecular weight excluding hydrogens is 316 g/mol. The maximum atomic E-state index is 11.7. The lowest BCUT2D eigenvalue weighted by Crippen LogP contribution is -2.40. The van der Waals surface area contributed by atoms with Crippen LogP contribution in [0.3, 0.4) is 0 Å². The second-order valence-corrected chi connectivity index (χ2v) is 7.43. The van der Waals surface area contributed by atoms with Crippen molar-refractivity contribution >= 4 is 5.97 Å². The molecule has 2 saturated heterocycles. The molecule has 2 fully saturated rings. The number of hydrogen-bond acceptors (Lipinski definition) is 5. The van der Waals surface area contributed by atoms with Crippen LogP contribution in [0.5, 0.6) is 0 Å². The summed E-state index contributed by atoms with van der Waals surface area (Å²) in [5.41, 5.74) is 3.38. The third-order valence-electron chi connectivity index (χ3n) is 5.80. The molecule has 2 aliphatic heterocycles. The van der Waals surface area contributed by atoms with Gasteiger partial charge < -0.3 is 10.1 Å². The van der Waals surface area contributed by atoms with Gasteiger partial charge in [0, 0.05) is 23.8 Å². The summed E-state index contributed by atoms with van der Waals surface area (Å²) in [7, 11) is 0. The van der Waals surface area contributed by atoms with E-state index in [9.17, 15) is 4.79 Å². The molecule has 1 N–H and O–H groups in total. The second kappa shape index (κ2) is 8.32. The van der Waals surface area contributed by atoms with Crippen molar-refractivity contribution in [3.63, 3.8) is 0 Å². The SMILES string of the molecule is CCOC(=O)Cn1nc(C)c(CN2CCC(C3CCCN3)CC2)c1C. The molecule has 0 bridgehead atoms. The Hall–Kier alpha value is -1.40. The van der Waals surface area contributed by atoms with Crippen LogP contribution in [0, 0.1) is 19.8 Å². The van der Waals surface area contributed by atoms with Crippen LogP contribution in [0.1, 0.15) is 49.6 Å². The van der Waals surface area contributed by atoms with Gasteiger partial charge in [0.1, 0.15) is 6.54 Å². The first-order chi connectivity index (χ1) is 12.1. The predicted octanol–water partition coefficient (Wildman–Crippen LogP) is 2.03. The summed E-state index contributed by atoms with van der Waals surface area (Å²) in [5.74, 6) is 0.622. The molecule has 0 spiro atoms. The molecule has 2 aliphatic rings. The number of aromatic nitrogens is 2. The quantitative estimate of drug-likeness (QED) is 0.797. The van der Waals surface area contributed by atoms with Gasteiger partial charge in [-0.15, -0.1) is 0 Å². The van der Waals surface area contributed by atoms with E-state index in [2.05, 4.69) is 22.2 Å². The zero-order chi connectivity index (χ0) is 17.8. The molecule has 0 radical (unpaired) electrons. The van der Waals surface area contributed by atoms with E-state index in [-0.39, 0.29) is 12.5 Å². The minimum absolute atomic E-state index is 0.204. The number of nitrogens with one attached hydrogen (secondary N) is 1. The second-order valence-electron chi connectivity index (χ2n) is 7.43. The molecule has 0 aromatic carbocycles. The van der Waals surface area contributed by atoms with Gasteiger partial charge in [-0.3, -0.25) is 14.4 Å². The third kappa shape index (κ3) is 4.42. The molecular formula is C19H32N4O2. The molecule has 6 nitrogen and oxygen atoms in total. The minimum Gasteiger partial charge on any atom is -0.465 e. The van der Waals surface area contributed by atoms with E-state index in [1.54, 1.807) is 4.68 Å². The summed E-state index contributed by atoms with van der Waals surface area (Å²) in [6, 6.07) is 0.748. The van der Waals surface area contributed by atoms with Crippen molar-refractivity contribution in [2.45, 2.75) is 65.6 Å². The predicted molar refractivity (Wildman–Crippen MR) is 97.4 cm³/mol. The number of hydrogen-bond donors (Lipinski definition) is 1. The fourth-order valence-electron chi connectivity index (χ4n) is 4.30. The molecule has 0 saturated carbocycles. The van der Waals surface area contributed by atoms with Crippen LogP contribution >= 0.6 is 0 Å². The topological polar surface area (TPSA) is 59.4 Å². The van der Waals surface area contributed by atoms with Crippen molar-refractivity contribution in [2.24, 2.45) is 5.92 Å². The van der Waals surface area contributed by atoms with Crippen LogP contribution in [-0.4, -0.2) is 52.9 Å². The molecule has 0 aliphatic carbocycles. The molecule has 1 aromatic rings. The van der Waals surface area contributed by atoms with E-state index in [0.29, 0.717) is 6.61 Å². The van der Waals surface area contributed by atoms with Crippen LogP contribution in [0.2, 0.25) is 0 Å². The monoisotopic (exact) mass is 348 g/mol. The van der Waals surface area contributed by atoms with E-state index in [4.69, 9.17) is 4.74 Å². The highest BCUT2D eigenvalue weighted by atomic mass is 16.5. The van der Waals surface area contributed by atoms with Gasteiger partial charge in [-0.2, -0.15) is 5.10 Å². The van der Waals surface area contributed by atoms with Gasteiger partial charge >= 0.3 is 5.97 Å². The molecule has 1 unspecified atom stereocenters. The summed E-state index contributed by atoms with van der Waals surface area (Å²) >= 11 is 0. The van der Waals surface area contributed by atoms with Crippen LogP contribution in [0.15, 0.2) is 0 Å². The van der Waals surface area contributed by atoms with E-state index in [0.717, 1.165) is 43.0 Å². The van der Waals surface area contributed by atoms with Crippen molar-refractivity contribution in [3.8, 4) is 0 Å². The van der Waals surface area contributed by atoms with Crippen molar-refractivity contribution in [3.05, 3.63) is 17.0 Å². The number of carbonyl (C=O) groups is 1. The molecule has 6 heteroatoms. The van der Waals surface area contributed by atoms with E-state index < -0.39 is 0 Å². The summed E-state index contributed by atoms with van der Waals surface area (Å²) in [5, 5.41) is 8.22. The van der Waals surface area contributed by atoms with Gasteiger partial charge in [0.2, 0.25) is 0 Å². The highest BCUT2D eigenvalue weighted by Gasteiger charge is 2.29. The average Bonchev–Trinajstić information content (AvgIpc) is 3.21. The van der Waals surface area contributed by atoms with Crippen molar-refractivity contribution < 1.29 is 9.53 Å². The van der Waals surface area contributed by atoms with Gasteiger partial charge in [-0.05, 0) is 72.0 Å². The number of piperidine rings is 1. The van der Waals surface area contributed by atoms with Gasteiger partial charge in [0.15, 0.2) is 0 Å². The fraction of sp³-hybridized carbons (Fsp3) is 0.789. The first-order valence-electron chi connectivity index (χ1n) is 9.72. The molecule has 25 heavy (non-hydrogen) atoms. The Kier molecular flexibility index (Phi) is 6.12. The number of ether oxygens (including phenoxy) is 1.